The van der Waals surface area contributed by atoms with E-state index in [1.165, 1.54) is 22.0 Å². The third kappa shape index (κ3) is 3.93. The van der Waals surface area contributed by atoms with Crippen molar-refractivity contribution >= 4 is 17.2 Å². The molecule has 1 amide bonds. The maximum atomic E-state index is 12.3. The normalized spacial score (nSPS) is 20.8. The second-order valence-corrected chi connectivity index (χ2v) is 7.85. The number of thiophene rings is 1. The maximum absolute atomic E-state index is 12.3. The van der Waals surface area contributed by atoms with Gasteiger partial charge in [-0.1, -0.05) is 19.8 Å². The predicted molar refractivity (Wildman–Crippen MR) is 96.1 cm³/mol. The lowest BCUT2D eigenvalue weighted by atomic mass is 9.86. The van der Waals surface area contributed by atoms with Gasteiger partial charge in [-0.3, -0.25) is 9.59 Å². The van der Waals surface area contributed by atoms with Gasteiger partial charge in [-0.25, -0.2) is 4.68 Å². The summed E-state index contributed by atoms with van der Waals surface area (Å²) in [6, 6.07) is 7.42. The number of rotatable bonds is 4. The largest absolute Gasteiger partial charge is 0.351 e. The van der Waals surface area contributed by atoms with Crippen molar-refractivity contribution in [3.05, 3.63) is 39.5 Å². The number of amides is 1. The highest BCUT2D eigenvalue weighted by atomic mass is 32.1. The molecule has 2 atom stereocenters. The molecule has 128 valence electrons. The van der Waals surface area contributed by atoms with E-state index in [2.05, 4.69) is 17.3 Å². The molecule has 1 aliphatic carbocycles. The molecule has 5 nitrogen and oxygen atoms in total. The van der Waals surface area contributed by atoms with Crippen molar-refractivity contribution < 1.29 is 4.79 Å². The molecule has 1 aliphatic rings. The van der Waals surface area contributed by atoms with Crippen molar-refractivity contribution in [2.45, 2.75) is 52.1 Å². The molecule has 1 fully saturated rings. The van der Waals surface area contributed by atoms with E-state index in [9.17, 15) is 9.59 Å². The average molecular weight is 345 g/mol. The zero-order chi connectivity index (χ0) is 17.1. The summed E-state index contributed by atoms with van der Waals surface area (Å²) in [4.78, 5) is 26.5. The highest BCUT2D eigenvalue weighted by Gasteiger charge is 2.23. The van der Waals surface area contributed by atoms with E-state index in [1.807, 2.05) is 19.1 Å². The molecule has 2 aromatic rings. The lowest BCUT2D eigenvalue weighted by molar-refractivity contribution is -0.123. The van der Waals surface area contributed by atoms with Crippen LogP contribution in [0.4, 0.5) is 0 Å². The average Bonchev–Trinajstić information content (AvgIpc) is 2.98. The van der Waals surface area contributed by atoms with Gasteiger partial charge in [0.1, 0.15) is 12.2 Å². The van der Waals surface area contributed by atoms with Crippen LogP contribution in [0, 0.1) is 12.8 Å². The van der Waals surface area contributed by atoms with E-state index in [0.717, 1.165) is 29.8 Å². The number of hydrogen-bond acceptors (Lipinski definition) is 4. The molecule has 0 radical (unpaired) electrons. The molecule has 0 spiro atoms. The molecule has 24 heavy (non-hydrogen) atoms. The van der Waals surface area contributed by atoms with Crippen LogP contribution in [0.15, 0.2) is 29.1 Å². The lowest BCUT2D eigenvalue weighted by Gasteiger charge is -2.29. The van der Waals surface area contributed by atoms with Gasteiger partial charge in [-0.05, 0) is 43.9 Å². The summed E-state index contributed by atoms with van der Waals surface area (Å²) in [5, 5.41) is 7.43. The van der Waals surface area contributed by atoms with Gasteiger partial charge in [-0.15, -0.1) is 11.3 Å². The first-order valence-electron chi connectivity index (χ1n) is 8.47. The molecular formula is C18H23N3O2S. The number of aromatic nitrogens is 2. The number of nitrogens with one attached hydrogen (secondary N) is 1. The number of carbonyl (C=O) groups is 1. The van der Waals surface area contributed by atoms with Crippen LogP contribution >= 0.6 is 11.3 Å². The van der Waals surface area contributed by atoms with Crippen LogP contribution < -0.4 is 10.9 Å². The van der Waals surface area contributed by atoms with E-state index in [0.29, 0.717) is 5.92 Å². The third-order valence-electron chi connectivity index (χ3n) is 4.61. The summed E-state index contributed by atoms with van der Waals surface area (Å²) >= 11 is 1.62. The Morgan fingerprint density at radius 3 is 2.79 bits per heavy atom. The first-order chi connectivity index (χ1) is 11.5. The van der Waals surface area contributed by atoms with Crippen molar-refractivity contribution in [2.75, 3.05) is 0 Å². The van der Waals surface area contributed by atoms with Gasteiger partial charge in [0.05, 0.1) is 4.88 Å². The zero-order valence-electron chi connectivity index (χ0n) is 14.1. The second-order valence-electron chi connectivity index (χ2n) is 6.56. The molecule has 0 aliphatic heterocycles. The molecule has 1 saturated carbocycles. The highest BCUT2D eigenvalue weighted by Crippen LogP contribution is 2.25. The first-order valence-corrected chi connectivity index (χ1v) is 9.29. The van der Waals surface area contributed by atoms with Crippen molar-refractivity contribution in [2.24, 2.45) is 5.92 Å². The molecule has 0 aromatic carbocycles. The molecule has 6 heteroatoms. The van der Waals surface area contributed by atoms with E-state index in [-0.39, 0.29) is 24.1 Å². The Bertz CT molecular complexity index is 781. The van der Waals surface area contributed by atoms with Gasteiger partial charge in [0, 0.05) is 17.0 Å². The van der Waals surface area contributed by atoms with Crippen LogP contribution in [0.5, 0.6) is 0 Å². The van der Waals surface area contributed by atoms with Gasteiger partial charge in [0.15, 0.2) is 0 Å². The number of carbonyl (C=O) groups excluding carboxylic acids is 1. The monoisotopic (exact) mass is 345 g/mol. The van der Waals surface area contributed by atoms with Gasteiger partial charge in [0.2, 0.25) is 5.91 Å². The van der Waals surface area contributed by atoms with Crippen molar-refractivity contribution in [1.29, 1.82) is 0 Å². The molecule has 2 aromatic heterocycles. The fourth-order valence-electron chi connectivity index (χ4n) is 3.18. The Balaban J connectivity index is 1.72. The van der Waals surface area contributed by atoms with Crippen molar-refractivity contribution in [3.8, 4) is 10.6 Å². The summed E-state index contributed by atoms with van der Waals surface area (Å²) in [7, 11) is 0. The first kappa shape index (κ1) is 16.9. The SMILES string of the molecule is Cc1ccc(-c2ccc(=O)n(CC(=O)N[C@H]3CCCC[C@H]3C)n2)s1. The molecule has 1 N–H and O–H groups in total. The smallest absolute Gasteiger partial charge is 0.267 e. The Hall–Kier alpha value is -1.95. The van der Waals surface area contributed by atoms with Gasteiger partial charge < -0.3 is 5.32 Å². The van der Waals surface area contributed by atoms with Crippen LogP contribution in [-0.4, -0.2) is 21.7 Å². The predicted octanol–water partition coefficient (Wildman–Crippen LogP) is 2.98. The van der Waals surface area contributed by atoms with E-state index < -0.39 is 0 Å². The van der Waals surface area contributed by atoms with Crippen molar-refractivity contribution in [3.63, 3.8) is 0 Å². The standard InChI is InChI=1S/C18H23N3O2S/c1-12-5-3-4-6-14(12)19-17(22)11-21-18(23)10-8-15(20-21)16-9-7-13(2)24-16/h7-10,12,14H,3-6,11H2,1-2H3,(H,19,22)/t12-,14+/m1/s1. The molecule has 0 bridgehead atoms. The minimum absolute atomic E-state index is 0.0275. The fourth-order valence-corrected chi connectivity index (χ4v) is 4.02. The van der Waals surface area contributed by atoms with Crippen LogP contribution in [0.3, 0.4) is 0 Å². The summed E-state index contributed by atoms with van der Waals surface area (Å²) in [5.41, 5.74) is 0.477. The van der Waals surface area contributed by atoms with E-state index in [4.69, 9.17) is 0 Å². The Kier molecular flexibility index (Phi) is 5.14. The van der Waals surface area contributed by atoms with Gasteiger partial charge in [0.25, 0.3) is 5.56 Å². The summed E-state index contributed by atoms with van der Waals surface area (Å²) in [6.07, 6.45) is 4.55. The second kappa shape index (κ2) is 7.30. The molecule has 0 saturated heterocycles. The summed E-state index contributed by atoms with van der Waals surface area (Å²) < 4.78 is 1.26. The molecule has 2 heterocycles. The Morgan fingerprint density at radius 1 is 1.29 bits per heavy atom. The summed E-state index contributed by atoms with van der Waals surface area (Å²) in [5.74, 6) is 0.357. The number of aryl methyl sites for hydroxylation is 1. The van der Waals surface area contributed by atoms with E-state index in [1.54, 1.807) is 17.4 Å². The number of hydrogen-bond donors (Lipinski definition) is 1. The topological polar surface area (TPSA) is 64.0 Å². The Labute approximate surface area is 145 Å². The van der Waals surface area contributed by atoms with Crippen LogP contribution in [0.2, 0.25) is 0 Å². The van der Waals surface area contributed by atoms with Crippen LogP contribution in [-0.2, 0) is 11.3 Å². The van der Waals surface area contributed by atoms with Gasteiger partial charge in [-0.2, -0.15) is 5.10 Å². The van der Waals surface area contributed by atoms with E-state index >= 15 is 0 Å². The molecule has 0 unspecified atom stereocenters. The maximum Gasteiger partial charge on any atom is 0.267 e. The number of nitrogens with zero attached hydrogens (tertiary/aromatic N) is 2. The minimum Gasteiger partial charge on any atom is -0.351 e. The molecular weight excluding hydrogens is 322 g/mol. The van der Waals surface area contributed by atoms with Crippen molar-refractivity contribution in [1.82, 2.24) is 15.1 Å². The Morgan fingerprint density at radius 2 is 2.08 bits per heavy atom. The quantitative estimate of drug-likeness (QED) is 0.926. The third-order valence-corrected chi connectivity index (χ3v) is 5.63. The van der Waals surface area contributed by atoms with Gasteiger partial charge >= 0.3 is 0 Å². The highest BCUT2D eigenvalue weighted by molar-refractivity contribution is 7.15. The molecule has 3 rings (SSSR count). The lowest BCUT2D eigenvalue weighted by Crippen LogP contribution is -2.43. The minimum atomic E-state index is -0.251. The fraction of sp³-hybridized carbons (Fsp3) is 0.500. The van der Waals surface area contributed by atoms with Crippen LogP contribution in [0.1, 0.15) is 37.5 Å². The summed E-state index contributed by atoms with van der Waals surface area (Å²) in [6.45, 7) is 4.18. The van der Waals surface area contributed by atoms with Crippen LogP contribution in [0.25, 0.3) is 10.6 Å². The zero-order valence-corrected chi connectivity index (χ0v) is 14.9.